The summed E-state index contributed by atoms with van der Waals surface area (Å²) >= 11 is 0. The Bertz CT molecular complexity index is 886. The lowest BCUT2D eigenvalue weighted by Crippen LogP contribution is -2.25. The lowest BCUT2D eigenvalue weighted by molar-refractivity contribution is 0.101. The van der Waals surface area contributed by atoms with Crippen LogP contribution >= 0.6 is 0 Å². The third-order valence-corrected chi connectivity index (χ3v) is 4.26. The summed E-state index contributed by atoms with van der Waals surface area (Å²) < 4.78 is 28.6. The number of carbonyl (C=O) groups excluding carboxylic acids is 1. The maximum absolute atomic E-state index is 12.4. The molecule has 1 aromatic carbocycles. The van der Waals surface area contributed by atoms with Crippen LogP contribution in [0.2, 0.25) is 0 Å². The van der Waals surface area contributed by atoms with Gasteiger partial charge in [0.25, 0.3) is 5.91 Å². The van der Waals surface area contributed by atoms with E-state index in [2.05, 4.69) is 20.5 Å². The van der Waals surface area contributed by atoms with Crippen molar-refractivity contribution in [2.45, 2.75) is 31.0 Å². The molecule has 0 radical (unpaired) electrons. The normalized spacial score (nSPS) is 15.8. The number of rotatable bonds is 3. The van der Waals surface area contributed by atoms with Crippen molar-refractivity contribution in [3.63, 3.8) is 0 Å². The highest BCUT2D eigenvalue weighted by molar-refractivity contribution is 7.90. The molecule has 0 bridgehead atoms. The summed E-state index contributed by atoms with van der Waals surface area (Å²) in [5.74, 6) is -0.0299. The van der Waals surface area contributed by atoms with Crippen molar-refractivity contribution in [3.05, 3.63) is 29.3 Å². The van der Waals surface area contributed by atoms with E-state index in [0.717, 1.165) is 11.8 Å². The van der Waals surface area contributed by atoms with Crippen molar-refractivity contribution in [3.8, 4) is 5.75 Å². The van der Waals surface area contributed by atoms with E-state index >= 15 is 0 Å². The second kappa shape index (κ2) is 5.05. The molecule has 2 aromatic rings. The molecular formula is C14H16N4O4S. The van der Waals surface area contributed by atoms with Gasteiger partial charge in [-0.2, -0.15) is 4.98 Å². The molecule has 0 spiro atoms. The Morgan fingerprint density at radius 1 is 1.39 bits per heavy atom. The fourth-order valence-corrected chi connectivity index (χ4v) is 2.90. The summed E-state index contributed by atoms with van der Waals surface area (Å²) in [4.78, 5) is 16.2. The monoisotopic (exact) mass is 336 g/mol. The lowest BCUT2D eigenvalue weighted by atomic mass is 10.0. The molecule has 1 amide bonds. The highest BCUT2D eigenvalue weighted by Crippen LogP contribution is 2.37. The molecule has 0 fully saturated rings. The van der Waals surface area contributed by atoms with Gasteiger partial charge in [-0.1, -0.05) is 12.1 Å². The predicted molar refractivity (Wildman–Crippen MR) is 82.3 cm³/mol. The van der Waals surface area contributed by atoms with Gasteiger partial charge in [0.05, 0.1) is 5.56 Å². The van der Waals surface area contributed by atoms with Crippen molar-refractivity contribution in [1.29, 1.82) is 0 Å². The van der Waals surface area contributed by atoms with Crippen LogP contribution in [0.4, 0.5) is 5.95 Å². The van der Waals surface area contributed by atoms with E-state index in [0.29, 0.717) is 17.7 Å². The zero-order chi connectivity index (χ0) is 16.8. The predicted octanol–water partition coefficient (Wildman–Crippen LogP) is 1.17. The van der Waals surface area contributed by atoms with E-state index in [1.807, 2.05) is 19.9 Å². The highest BCUT2D eigenvalue weighted by atomic mass is 32.2. The number of anilines is 1. The van der Waals surface area contributed by atoms with Gasteiger partial charge in [-0.3, -0.25) is 10.1 Å². The number of amides is 1. The Morgan fingerprint density at radius 2 is 2.13 bits per heavy atom. The first-order valence-electron chi connectivity index (χ1n) is 6.90. The van der Waals surface area contributed by atoms with Crippen LogP contribution < -0.4 is 10.1 Å². The van der Waals surface area contributed by atoms with E-state index < -0.39 is 15.7 Å². The standard InChI is InChI=1S/C14H16N4O4S/c1-14(2)7-8-5-4-6-9(10(8)22-14)11(19)15-12-16-13(18-17-12)23(3,20)21/h4-6H,7H2,1-3H3,(H2,15,16,17,18,19). The van der Waals surface area contributed by atoms with Crippen LogP contribution in [0.25, 0.3) is 0 Å². The number of nitrogens with zero attached hydrogens (tertiary/aromatic N) is 2. The fourth-order valence-electron chi connectivity index (χ4n) is 2.43. The Morgan fingerprint density at radius 3 is 2.78 bits per heavy atom. The van der Waals surface area contributed by atoms with Gasteiger partial charge in [-0.25, -0.2) is 13.5 Å². The maximum Gasteiger partial charge on any atom is 0.261 e. The minimum atomic E-state index is -3.51. The summed E-state index contributed by atoms with van der Waals surface area (Å²) in [6.07, 6.45) is 1.71. The number of ether oxygens (including phenoxy) is 1. The van der Waals surface area contributed by atoms with E-state index in [4.69, 9.17) is 4.74 Å². The Labute approximate surface area is 133 Å². The Kier molecular flexibility index (Phi) is 3.40. The van der Waals surface area contributed by atoms with Crippen LogP contribution in [0, 0.1) is 0 Å². The number of sulfone groups is 1. The quantitative estimate of drug-likeness (QED) is 0.870. The Balaban J connectivity index is 1.86. The molecule has 0 unspecified atom stereocenters. The van der Waals surface area contributed by atoms with Crippen molar-refractivity contribution in [1.82, 2.24) is 15.2 Å². The topological polar surface area (TPSA) is 114 Å². The number of para-hydroxylation sites is 1. The number of H-pyrrole nitrogens is 1. The number of aromatic amines is 1. The van der Waals surface area contributed by atoms with Crippen LogP contribution in [0.3, 0.4) is 0 Å². The van der Waals surface area contributed by atoms with Crippen LogP contribution in [0.5, 0.6) is 5.75 Å². The van der Waals surface area contributed by atoms with E-state index in [-0.39, 0.29) is 16.7 Å². The molecule has 0 aliphatic carbocycles. The van der Waals surface area contributed by atoms with Gasteiger partial charge in [0, 0.05) is 12.7 Å². The average molecular weight is 336 g/mol. The van der Waals surface area contributed by atoms with Gasteiger partial charge < -0.3 is 4.74 Å². The highest BCUT2D eigenvalue weighted by Gasteiger charge is 2.33. The number of benzene rings is 1. The van der Waals surface area contributed by atoms with Crippen LogP contribution in [0.1, 0.15) is 29.8 Å². The number of nitrogens with one attached hydrogen (secondary N) is 2. The Hall–Kier alpha value is -2.42. The molecule has 1 aliphatic heterocycles. The average Bonchev–Trinajstić information content (AvgIpc) is 2.99. The largest absolute Gasteiger partial charge is 0.486 e. The molecule has 2 heterocycles. The first-order valence-corrected chi connectivity index (χ1v) is 8.80. The molecule has 0 saturated heterocycles. The molecule has 1 aromatic heterocycles. The molecular weight excluding hydrogens is 320 g/mol. The summed E-state index contributed by atoms with van der Waals surface area (Å²) in [7, 11) is -3.51. The zero-order valence-corrected chi connectivity index (χ0v) is 13.7. The molecule has 122 valence electrons. The van der Waals surface area contributed by atoms with Gasteiger partial charge in [0.1, 0.15) is 11.4 Å². The van der Waals surface area contributed by atoms with Gasteiger partial charge in [0.2, 0.25) is 20.9 Å². The zero-order valence-electron chi connectivity index (χ0n) is 12.9. The van der Waals surface area contributed by atoms with Gasteiger partial charge >= 0.3 is 0 Å². The minimum absolute atomic E-state index is 0.106. The molecule has 0 atom stereocenters. The third-order valence-electron chi connectivity index (χ3n) is 3.38. The molecule has 1 aliphatic rings. The molecule has 2 N–H and O–H groups in total. The molecule has 0 saturated carbocycles. The van der Waals surface area contributed by atoms with E-state index in [9.17, 15) is 13.2 Å². The number of fused-ring (bicyclic) bond motifs is 1. The first-order chi connectivity index (χ1) is 10.7. The van der Waals surface area contributed by atoms with Crippen molar-refractivity contribution in [2.24, 2.45) is 0 Å². The van der Waals surface area contributed by atoms with Crippen LogP contribution in [-0.4, -0.2) is 41.4 Å². The molecule has 23 heavy (non-hydrogen) atoms. The smallest absolute Gasteiger partial charge is 0.261 e. The number of carbonyl (C=O) groups is 1. The van der Waals surface area contributed by atoms with Crippen LogP contribution in [-0.2, 0) is 16.3 Å². The second-order valence-corrected chi connectivity index (χ2v) is 7.95. The molecule has 8 nitrogen and oxygen atoms in total. The SMILES string of the molecule is CC1(C)Cc2cccc(C(=O)Nc3n[nH]c(S(C)(=O)=O)n3)c2O1. The fraction of sp³-hybridized carbons (Fsp3) is 0.357. The number of hydrogen-bond donors (Lipinski definition) is 2. The van der Waals surface area contributed by atoms with Crippen molar-refractivity contribution >= 4 is 21.7 Å². The third kappa shape index (κ3) is 3.04. The lowest BCUT2D eigenvalue weighted by Gasteiger charge is -2.17. The maximum atomic E-state index is 12.4. The van der Waals surface area contributed by atoms with Crippen molar-refractivity contribution < 1.29 is 17.9 Å². The van der Waals surface area contributed by atoms with Crippen LogP contribution in [0.15, 0.2) is 23.4 Å². The summed E-state index contributed by atoms with van der Waals surface area (Å²) in [6.45, 7) is 3.89. The summed E-state index contributed by atoms with van der Waals surface area (Å²) in [5, 5.41) is 8.12. The minimum Gasteiger partial charge on any atom is -0.486 e. The van der Waals surface area contributed by atoms with Crippen molar-refractivity contribution in [2.75, 3.05) is 11.6 Å². The first kappa shape index (κ1) is 15.5. The second-order valence-electron chi connectivity index (χ2n) is 6.02. The molecule has 9 heteroatoms. The van der Waals surface area contributed by atoms with Gasteiger partial charge in [0.15, 0.2) is 0 Å². The molecule has 3 rings (SSSR count). The summed E-state index contributed by atoms with van der Waals surface area (Å²) in [6, 6.07) is 5.33. The van der Waals surface area contributed by atoms with Gasteiger partial charge in [-0.05, 0) is 25.5 Å². The van der Waals surface area contributed by atoms with Gasteiger partial charge in [-0.15, -0.1) is 5.10 Å². The summed E-state index contributed by atoms with van der Waals surface area (Å²) in [5.41, 5.74) is 0.945. The number of hydrogen-bond acceptors (Lipinski definition) is 6. The van der Waals surface area contributed by atoms with E-state index in [1.165, 1.54) is 0 Å². The number of aromatic nitrogens is 3. The van der Waals surface area contributed by atoms with E-state index in [1.54, 1.807) is 12.1 Å².